The second-order valence-corrected chi connectivity index (χ2v) is 3.87. The molecule has 2 rings (SSSR count). The van der Waals surface area contributed by atoms with Gasteiger partial charge in [0.25, 0.3) is 17.5 Å². The number of phenolic OH excluding ortho intramolecular Hbond substituents is 1. The highest BCUT2D eigenvalue weighted by atomic mass is 16.6. The van der Waals surface area contributed by atoms with Crippen molar-refractivity contribution in [3.8, 4) is 5.75 Å². The van der Waals surface area contributed by atoms with Gasteiger partial charge in [-0.25, -0.2) is 5.10 Å². The number of aromatic amines is 1. The van der Waals surface area contributed by atoms with E-state index in [9.17, 15) is 30.1 Å². The zero-order valence-corrected chi connectivity index (χ0v) is 10.5. The van der Waals surface area contributed by atoms with Crippen molar-refractivity contribution in [1.29, 1.82) is 0 Å². The fraction of sp³-hybridized carbons (Fsp3) is 0. The highest BCUT2D eigenvalue weighted by molar-refractivity contribution is 6.06. The van der Waals surface area contributed by atoms with Crippen molar-refractivity contribution in [2.24, 2.45) is 0 Å². The molecular weight excluding hydrogens is 302 g/mol. The molecule has 1 amide bonds. The molecule has 1 heterocycles. The van der Waals surface area contributed by atoms with Crippen LogP contribution in [0.15, 0.2) is 12.1 Å². The maximum atomic E-state index is 11.9. The molecule has 0 saturated carbocycles. The summed E-state index contributed by atoms with van der Waals surface area (Å²) in [5.41, 5.74) is 2.86. The Morgan fingerprint density at radius 1 is 1.32 bits per heavy atom. The first kappa shape index (κ1) is 14.6. The van der Waals surface area contributed by atoms with Gasteiger partial charge in [-0.05, 0) is 0 Å². The van der Waals surface area contributed by atoms with Crippen LogP contribution in [0.5, 0.6) is 5.75 Å². The van der Waals surface area contributed by atoms with Crippen LogP contribution in [-0.4, -0.2) is 36.0 Å². The number of rotatable bonds is 4. The first-order valence-corrected chi connectivity index (χ1v) is 5.44. The lowest BCUT2D eigenvalue weighted by molar-refractivity contribution is -0.394. The summed E-state index contributed by atoms with van der Waals surface area (Å²) in [4.78, 5) is 35.0. The Morgan fingerprint density at radius 2 is 2.00 bits per heavy atom. The number of non-ortho nitro benzene ring substituents is 1. The minimum Gasteiger partial charge on any atom is -0.502 e. The van der Waals surface area contributed by atoms with Crippen LogP contribution >= 0.6 is 0 Å². The Bertz CT molecular complexity index is 785. The van der Waals surface area contributed by atoms with Crippen LogP contribution in [0.2, 0.25) is 0 Å². The van der Waals surface area contributed by atoms with E-state index >= 15 is 0 Å². The van der Waals surface area contributed by atoms with Gasteiger partial charge in [-0.3, -0.25) is 30.3 Å². The van der Waals surface area contributed by atoms with E-state index < -0.39 is 38.4 Å². The van der Waals surface area contributed by atoms with Crippen molar-refractivity contribution < 1.29 is 19.7 Å². The van der Waals surface area contributed by atoms with Crippen LogP contribution in [0.25, 0.3) is 0 Å². The summed E-state index contributed by atoms with van der Waals surface area (Å²) in [6, 6.07) is 1.23. The third-order valence-electron chi connectivity index (χ3n) is 2.45. The summed E-state index contributed by atoms with van der Waals surface area (Å²) in [5.74, 6) is -2.47. The van der Waals surface area contributed by atoms with Crippen LogP contribution in [-0.2, 0) is 0 Å². The smallest absolute Gasteiger partial charge is 0.318 e. The molecule has 1 aromatic carbocycles. The molecule has 13 heteroatoms. The van der Waals surface area contributed by atoms with E-state index in [1.165, 1.54) is 0 Å². The van der Waals surface area contributed by atoms with Crippen molar-refractivity contribution in [3.05, 3.63) is 37.9 Å². The molecule has 0 fully saturated rings. The van der Waals surface area contributed by atoms with Gasteiger partial charge in [0.1, 0.15) is 0 Å². The van der Waals surface area contributed by atoms with Crippen LogP contribution < -0.4 is 11.1 Å². The van der Waals surface area contributed by atoms with Crippen molar-refractivity contribution in [2.75, 3.05) is 11.1 Å². The Labute approximate surface area is 120 Å². The average molecular weight is 309 g/mol. The first-order valence-electron chi connectivity index (χ1n) is 5.44. The lowest BCUT2D eigenvalue weighted by atomic mass is 10.1. The van der Waals surface area contributed by atoms with Gasteiger partial charge >= 0.3 is 5.69 Å². The molecule has 22 heavy (non-hydrogen) atoms. The maximum Gasteiger partial charge on any atom is 0.318 e. The number of nitro benzene ring substituents is 2. The number of H-pyrrole nitrogens is 1. The first-order chi connectivity index (χ1) is 10.3. The molecule has 0 saturated heterocycles. The quantitative estimate of drug-likeness (QED) is 0.447. The van der Waals surface area contributed by atoms with Crippen LogP contribution in [0.3, 0.4) is 0 Å². The Kier molecular flexibility index (Phi) is 3.53. The Balaban J connectivity index is 2.46. The van der Waals surface area contributed by atoms with Crippen molar-refractivity contribution in [1.82, 2.24) is 15.2 Å². The molecule has 0 atom stereocenters. The zero-order valence-electron chi connectivity index (χ0n) is 10.5. The third kappa shape index (κ3) is 2.72. The van der Waals surface area contributed by atoms with Gasteiger partial charge in [0.05, 0.1) is 21.5 Å². The van der Waals surface area contributed by atoms with Gasteiger partial charge in [0.2, 0.25) is 11.7 Å². The minimum atomic E-state index is -1.08. The lowest BCUT2D eigenvalue weighted by Gasteiger charge is -2.04. The van der Waals surface area contributed by atoms with Gasteiger partial charge in [-0.15, -0.1) is 5.10 Å². The number of nitrogen functional groups attached to an aromatic ring is 1. The van der Waals surface area contributed by atoms with Crippen LogP contribution in [0.4, 0.5) is 23.3 Å². The zero-order chi connectivity index (χ0) is 16.4. The number of nitrogens with one attached hydrogen (secondary N) is 2. The number of anilines is 2. The maximum absolute atomic E-state index is 11.9. The monoisotopic (exact) mass is 309 g/mol. The summed E-state index contributed by atoms with van der Waals surface area (Å²) in [7, 11) is 0. The van der Waals surface area contributed by atoms with Gasteiger partial charge in [-0.1, -0.05) is 0 Å². The normalized spacial score (nSPS) is 10.2. The Hall–Kier alpha value is -3.77. The summed E-state index contributed by atoms with van der Waals surface area (Å²) in [6.45, 7) is 0. The van der Waals surface area contributed by atoms with Gasteiger partial charge < -0.3 is 10.8 Å². The predicted molar refractivity (Wildman–Crippen MR) is 70.2 cm³/mol. The molecule has 114 valence electrons. The molecule has 1 aromatic heterocycles. The fourth-order valence-electron chi connectivity index (χ4n) is 1.52. The molecular formula is C9H7N7O6. The number of nitrogens with zero attached hydrogens (tertiary/aromatic N) is 4. The van der Waals surface area contributed by atoms with Crippen molar-refractivity contribution in [3.63, 3.8) is 0 Å². The van der Waals surface area contributed by atoms with E-state index in [-0.39, 0.29) is 11.9 Å². The molecule has 0 aliphatic heterocycles. The summed E-state index contributed by atoms with van der Waals surface area (Å²) in [6.07, 6.45) is 0. The lowest BCUT2D eigenvalue weighted by Crippen LogP contribution is -2.14. The molecule has 0 unspecified atom stereocenters. The summed E-state index contributed by atoms with van der Waals surface area (Å²) in [5, 5.41) is 39.0. The van der Waals surface area contributed by atoms with Gasteiger partial charge in [-0.2, -0.15) is 4.98 Å². The number of aromatic nitrogens is 3. The van der Waals surface area contributed by atoms with Gasteiger partial charge in [0.15, 0.2) is 0 Å². The molecule has 13 nitrogen and oxygen atoms in total. The second kappa shape index (κ2) is 5.31. The molecule has 2 aromatic rings. The van der Waals surface area contributed by atoms with Crippen molar-refractivity contribution in [2.45, 2.75) is 0 Å². The molecule has 0 spiro atoms. The number of benzene rings is 1. The van der Waals surface area contributed by atoms with Crippen LogP contribution in [0, 0.1) is 20.2 Å². The number of nitrogens with two attached hydrogens (primary N) is 1. The molecule has 0 aliphatic rings. The molecule has 5 N–H and O–H groups in total. The number of phenols is 1. The number of amides is 1. The molecule has 0 aliphatic carbocycles. The highest BCUT2D eigenvalue weighted by Gasteiger charge is 2.27. The summed E-state index contributed by atoms with van der Waals surface area (Å²) < 4.78 is 0. The van der Waals surface area contributed by atoms with E-state index in [0.29, 0.717) is 12.1 Å². The van der Waals surface area contributed by atoms with Crippen LogP contribution in [0.1, 0.15) is 10.4 Å². The number of nitro groups is 2. The number of aromatic hydroxyl groups is 1. The fourth-order valence-corrected chi connectivity index (χ4v) is 1.52. The van der Waals surface area contributed by atoms with E-state index in [0.717, 1.165) is 0 Å². The van der Waals surface area contributed by atoms with E-state index in [1.54, 1.807) is 0 Å². The number of carbonyl (C=O) groups excluding carboxylic acids is 1. The molecule has 0 radical (unpaired) electrons. The third-order valence-corrected chi connectivity index (χ3v) is 2.45. The summed E-state index contributed by atoms with van der Waals surface area (Å²) >= 11 is 0. The number of hydrogen-bond donors (Lipinski definition) is 4. The van der Waals surface area contributed by atoms with E-state index in [2.05, 4.69) is 20.5 Å². The van der Waals surface area contributed by atoms with E-state index in [1.807, 2.05) is 0 Å². The molecule has 0 bridgehead atoms. The van der Waals surface area contributed by atoms with Gasteiger partial charge in [0, 0.05) is 6.07 Å². The predicted octanol–water partition coefficient (Wildman–Crippen LogP) is 0.161. The second-order valence-electron chi connectivity index (χ2n) is 3.87. The minimum absolute atomic E-state index is 0.107. The average Bonchev–Trinajstić information content (AvgIpc) is 2.83. The number of hydrogen-bond acceptors (Lipinski definition) is 9. The largest absolute Gasteiger partial charge is 0.502 e. The highest BCUT2D eigenvalue weighted by Crippen LogP contribution is 2.34. The number of carbonyl (C=O) groups is 1. The van der Waals surface area contributed by atoms with Crippen molar-refractivity contribution >= 4 is 29.2 Å². The Morgan fingerprint density at radius 3 is 2.50 bits per heavy atom. The topological polar surface area (TPSA) is 203 Å². The van der Waals surface area contributed by atoms with E-state index in [4.69, 9.17) is 5.73 Å². The standard InChI is InChI=1S/C9H7N7O6/c10-8-12-9(14-13-8)11-7(18)4-1-3(15(19)20)2-5(6(4)17)16(21)22/h1-2,17H,(H4,10,11,12,13,14,18). The SMILES string of the molecule is Nc1nc(NC(=O)c2cc([N+](=O)[O-])cc([N+](=O)[O-])c2O)n[nH]1.